The number of rotatable bonds is 11. The van der Waals surface area contributed by atoms with Crippen LogP contribution >= 0.6 is 0 Å². The summed E-state index contributed by atoms with van der Waals surface area (Å²) in [6, 6.07) is 9.43. The molecule has 0 fully saturated rings. The van der Waals surface area contributed by atoms with Gasteiger partial charge >= 0.3 is 0 Å². The minimum Gasteiger partial charge on any atom is -0.493 e. The molecule has 0 aromatic heterocycles. The first-order valence-corrected chi connectivity index (χ1v) is 11.1. The molecular formula is C21H28FN3O5S. The van der Waals surface area contributed by atoms with Crippen LogP contribution in [0.3, 0.4) is 0 Å². The minimum atomic E-state index is -4.28. The Labute approximate surface area is 182 Å². The van der Waals surface area contributed by atoms with Crippen LogP contribution in [0.25, 0.3) is 0 Å². The molecule has 0 heterocycles. The fourth-order valence-corrected chi connectivity index (χ4v) is 4.31. The standard InChI is InChI=1S/C21H28FN3O5S/c1-24(2)13-7-12-23-21(26)15-25(18-9-6-5-8-17(18)22)31(27,28)16-10-11-19(29-3)20(14-16)30-4/h5-6,8-11,14H,7,12-13,15H2,1-4H3,(H,23,26). The van der Waals surface area contributed by atoms with Crippen molar-refractivity contribution in [3.8, 4) is 11.5 Å². The van der Waals surface area contributed by atoms with E-state index >= 15 is 0 Å². The molecule has 2 rings (SSSR count). The molecule has 0 saturated carbocycles. The Kier molecular flexibility index (Phi) is 8.64. The van der Waals surface area contributed by atoms with Crippen molar-refractivity contribution in [1.82, 2.24) is 10.2 Å². The molecule has 0 bridgehead atoms. The number of amides is 1. The van der Waals surface area contributed by atoms with Crippen LogP contribution in [-0.4, -0.2) is 67.2 Å². The molecule has 10 heteroatoms. The lowest BCUT2D eigenvalue weighted by molar-refractivity contribution is -0.119. The van der Waals surface area contributed by atoms with Gasteiger partial charge in [0.05, 0.1) is 24.8 Å². The van der Waals surface area contributed by atoms with Crippen LogP contribution < -0.4 is 19.1 Å². The number of nitrogens with zero attached hydrogens (tertiary/aromatic N) is 2. The number of ether oxygens (including phenoxy) is 2. The van der Waals surface area contributed by atoms with Crippen LogP contribution in [0, 0.1) is 5.82 Å². The number of carbonyl (C=O) groups is 1. The number of benzene rings is 2. The molecule has 0 spiro atoms. The van der Waals surface area contributed by atoms with E-state index in [9.17, 15) is 17.6 Å². The molecule has 31 heavy (non-hydrogen) atoms. The van der Waals surface area contributed by atoms with Crippen LogP contribution in [-0.2, 0) is 14.8 Å². The van der Waals surface area contributed by atoms with Gasteiger partial charge in [-0.15, -0.1) is 0 Å². The summed E-state index contributed by atoms with van der Waals surface area (Å²) < 4.78 is 52.4. The number of anilines is 1. The summed E-state index contributed by atoms with van der Waals surface area (Å²) >= 11 is 0. The lowest BCUT2D eigenvalue weighted by Gasteiger charge is -2.25. The summed E-state index contributed by atoms with van der Waals surface area (Å²) in [4.78, 5) is 14.3. The maximum absolute atomic E-state index is 14.5. The Bertz CT molecular complexity index is 998. The van der Waals surface area contributed by atoms with Gasteiger partial charge in [-0.3, -0.25) is 9.10 Å². The molecule has 1 N–H and O–H groups in total. The van der Waals surface area contributed by atoms with Crippen molar-refractivity contribution >= 4 is 21.6 Å². The summed E-state index contributed by atoms with van der Waals surface area (Å²) in [5.41, 5.74) is -0.222. The predicted molar refractivity (Wildman–Crippen MR) is 117 cm³/mol. The summed E-state index contributed by atoms with van der Waals surface area (Å²) in [5, 5.41) is 2.68. The molecule has 2 aromatic rings. The van der Waals surface area contributed by atoms with Gasteiger partial charge in [0.2, 0.25) is 5.91 Å². The Hall–Kier alpha value is -2.85. The second kappa shape index (κ2) is 11.0. The number of sulfonamides is 1. The molecule has 2 aromatic carbocycles. The van der Waals surface area contributed by atoms with Gasteiger partial charge in [0.1, 0.15) is 12.4 Å². The first-order chi connectivity index (χ1) is 14.7. The fourth-order valence-electron chi connectivity index (χ4n) is 2.87. The number of halogens is 1. The van der Waals surface area contributed by atoms with Crippen molar-refractivity contribution in [3.63, 3.8) is 0 Å². The number of hydrogen-bond acceptors (Lipinski definition) is 6. The van der Waals surface area contributed by atoms with E-state index in [1.54, 1.807) is 0 Å². The number of hydrogen-bond donors (Lipinski definition) is 1. The average molecular weight is 454 g/mol. The maximum Gasteiger partial charge on any atom is 0.265 e. The minimum absolute atomic E-state index is 0.159. The third-order valence-electron chi connectivity index (χ3n) is 4.46. The number of para-hydroxylation sites is 1. The van der Waals surface area contributed by atoms with Crippen molar-refractivity contribution in [3.05, 3.63) is 48.3 Å². The SMILES string of the molecule is COc1ccc(S(=O)(=O)N(CC(=O)NCCCN(C)C)c2ccccc2F)cc1OC. The number of nitrogens with one attached hydrogen (secondary N) is 1. The molecule has 0 aliphatic carbocycles. The van der Waals surface area contributed by atoms with E-state index in [0.29, 0.717) is 18.7 Å². The summed E-state index contributed by atoms with van der Waals surface area (Å²) in [5.74, 6) is -0.749. The zero-order valence-corrected chi connectivity index (χ0v) is 18.9. The molecule has 170 valence electrons. The van der Waals surface area contributed by atoms with E-state index in [0.717, 1.165) is 16.9 Å². The van der Waals surface area contributed by atoms with Gasteiger partial charge in [0.15, 0.2) is 11.5 Å². The Morgan fingerprint density at radius 1 is 1.06 bits per heavy atom. The molecule has 1 amide bonds. The van der Waals surface area contributed by atoms with Gasteiger partial charge in [-0.05, 0) is 51.3 Å². The first kappa shape index (κ1) is 24.4. The van der Waals surface area contributed by atoms with Crippen LogP contribution in [0.1, 0.15) is 6.42 Å². The molecule has 0 radical (unpaired) electrons. The molecule has 8 nitrogen and oxygen atoms in total. The second-order valence-electron chi connectivity index (χ2n) is 6.99. The van der Waals surface area contributed by atoms with Gasteiger partial charge in [0, 0.05) is 12.6 Å². The van der Waals surface area contributed by atoms with E-state index in [1.165, 1.54) is 50.6 Å². The molecule has 0 unspecified atom stereocenters. The van der Waals surface area contributed by atoms with Gasteiger partial charge in [-0.25, -0.2) is 12.8 Å². The zero-order valence-electron chi connectivity index (χ0n) is 18.1. The molecule has 0 aliphatic rings. The highest BCUT2D eigenvalue weighted by Gasteiger charge is 2.30. The van der Waals surface area contributed by atoms with Crippen molar-refractivity contribution in [2.45, 2.75) is 11.3 Å². The highest BCUT2D eigenvalue weighted by atomic mass is 32.2. The maximum atomic E-state index is 14.5. The van der Waals surface area contributed by atoms with Crippen LogP contribution in [0.4, 0.5) is 10.1 Å². The average Bonchev–Trinajstić information content (AvgIpc) is 2.74. The lowest BCUT2D eigenvalue weighted by atomic mass is 10.3. The van der Waals surface area contributed by atoms with Gasteiger partial charge < -0.3 is 19.7 Å². The first-order valence-electron chi connectivity index (χ1n) is 9.61. The second-order valence-corrected chi connectivity index (χ2v) is 8.85. The number of carbonyl (C=O) groups excluding carboxylic acids is 1. The third kappa shape index (κ3) is 6.31. The largest absolute Gasteiger partial charge is 0.493 e. The normalized spacial score (nSPS) is 11.3. The van der Waals surface area contributed by atoms with E-state index in [2.05, 4.69) is 5.32 Å². The Morgan fingerprint density at radius 2 is 1.74 bits per heavy atom. The summed E-state index contributed by atoms with van der Waals surface area (Å²) in [6.45, 7) is 0.569. The van der Waals surface area contributed by atoms with E-state index in [-0.39, 0.29) is 16.3 Å². The summed E-state index contributed by atoms with van der Waals surface area (Å²) in [6.07, 6.45) is 0.695. The van der Waals surface area contributed by atoms with Crippen molar-refractivity contribution < 1.29 is 27.1 Å². The Morgan fingerprint density at radius 3 is 2.35 bits per heavy atom. The van der Waals surface area contributed by atoms with Gasteiger partial charge in [0.25, 0.3) is 10.0 Å². The van der Waals surface area contributed by atoms with Gasteiger partial charge in [-0.2, -0.15) is 0 Å². The lowest BCUT2D eigenvalue weighted by Crippen LogP contribution is -2.41. The smallest absolute Gasteiger partial charge is 0.265 e. The van der Waals surface area contributed by atoms with Gasteiger partial charge in [-0.1, -0.05) is 12.1 Å². The van der Waals surface area contributed by atoms with Crippen LogP contribution in [0.15, 0.2) is 47.4 Å². The fraction of sp³-hybridized carbons (Fsp3) is 0.381. The van der Waals surface area contributed by atoms with Crippen molar-refractivity contribution in [2.24, 2.45) is 0 Å². The van der Waals surface area contributed by atoms with Crippen molar-refractivity contribution in [2.75, 3.05) is 52.3 Å². The number of methoxy groups -OCH3 is 2. The highest BCUT2D eigenvalue weighted by molar-refractivity contribution is 7.92. The predicted octanol–water partition coefficient (Wildman–Crippen LogP) is 2.11. The molecule has 0 aliphatic heterocycles. The monoisotopic (exact) mass is 453 g/mol. The van der Waals surface area contributed by atoms with E-state index < -0.39 is 28.3 Å². The molecular weight excluding hydrogens is 425 g/mol. The molecule has 0 saturated heterocycles. The molecule has 0 atom stereocenters. The quantitative estimate of drug-likeness (QED) is 0.525. The van der Waals surface area contributed by atoms with E-state index in [4.69, 9.17) is 9.47 Å². The van der Waals surface area contributed by atoms with E-state index in [1.807, 2.05) is 19.0 Å². The summed E-state index contributed by atoms with van der Waals surface area (Å²) in [7, 11) is 2.35. The third-order valence-corrected chi connectivity index (χ3v) is 6.21. The Balaban J connectivity index is 2.36. The zero-order chi connectivity index (χ0) is 23.0. The topological polar surface area (TPSA) is 88.2 Å². The van der Waals surface area contributed by atoms with Crippen LogP contribution in [0.5, 0.6) is 11.5 Å². The van der Waals surface area contributed by atoms with Crippen molar-refractivity contribution in [1.29, 1.82) is 0 Å². The highest BCUT2D eigenvalue weighted by Crippen LogP contribution is 2.32. The van der Waals surface area contributed by atoms with Crippen LogP contribution in [0.2, 0.25) is 0 Å².